The molecule has 3 rings (SSSR count). The second-order valence-electron chi connectivity index (χ2n) is 5.74. The molecule has 1 atom stereocenters. The molecule has 0 bridgehead atoms. The lowest BCUT2D eigenvalue weighted by atomic mass is 9.92. The van der Waals surface area contributed by atoms with E-state index in [1.807, 2.05) is 18.2 Å². The summed E-state index contributed by atoms with van der Waals surface area (Å²) in [5.41, 5.74) is 2.50. The van der Waals surface area contributed by atoms with E-state index in [1.165, 1.54) is 24.5 Å². The van der Waals surface area contributed by atoms with Crippen molar-refractivity contribution in [3.63, 3.8) is 0 Å². The summed E-state index contributed by atoms with van der Waals surface area (Å²) < 4.78 is 13.9. The molecule has 0 spiro atoms. The summed E-state index contributed by atoms with van der Waals surface area (Å²) in [6.07, 6.45) is 3.51. The van der Waals surface area contributed by atoms with Crippen LogP contribution in [0.15, 0.2) is 53.0 Å². The first-order chi connectivity index (χ1) is 10.2. The molecule has 1 nitrogen and oxygen atoms in total. The molecule has 1 aliphatic rings. The molecule has 1 saturated carbocycles. The number of halogens is 2. The Morgan fingerprint density at radius 3 is 2.57 bits per heavy atom. The van der Waals surface area contributed by atoms with Crippen molar-refractivity contribution < 1.29 is 4.39 Å². The van der Waals surface area contributed by atoms with Crippen molar-refractivity contribution in [2.75, 3.05) is 6.54 Å². The van der Waals surface area contributed by atoms with E-state index in [0.29, 0.717) is 16.4 Å². The van der Waals surface area contributed by atoms with Gasteiger partial charge in [0.2, 0.25) is 0 Å². The van der Waals surface area contributed by atoms with Crippen molar-refractivity contribution in [2.45, 2.75) is 31.2 Å². The number of nitrogens with one attached hydrogen (secondary N) is 1. The molecule has 2 aromatic carbocycles. The molecule has 0 aliphatic heterocycles. The molecule has 1 fully saturated rings. The third-order valence-electron chi connectivity index (χ3n) is 3.97. The molecular weight excluding hydrogens is 329 g/mol. The van der Waals surface area contributed by atoms with Crippen LogP contribution in [0.5, 0.6) is 0 Å². The van der Waals surface area contributed by atoms with E-state index >= 15 is 0 Å². The zero-order valence-corrected chi connectivity index (χ0v) is 13.4. The molecule has 1 aliphatic carbocycles. The maximum atomic E-state index is 13.4. The highest BCUT2D eigenvalue weighted by Gasteiger charge is 2.22. The highest BCUT2D eigenvalue weighted by atomic mass is 79.9. The summed E-state index contributed by atoms with van der Waals surface area (Å²) in [7, 11) is 0. The summed E-state index contributed by atoms with van der Waals surface area (Å²) in [4.78, 5) is 0. The number of rotatable bonds is 6. The van der Waals surface area contributed by atoms with E-state index in [1.54, 1.807) is 0 Å². The summed E-state index contributed by atoms with van der Waals surface area (Å²) in [5.74, 6) is 0.218. The van der Waals surface area contributed by atoms with Crippen LogP contribution in [0, 0.1) is 5.82 Å². The Kier molecular flexibility index (Phi) is 4.71. The maximum absolute atomic E-state index is 13.4. The fourth-order valence-corrected chi connectivity index (χ4v) is 3.01. The molecule has 2 aromatic rings. The van der Waals surface area contributed by atoms with Crippen LogP contribution < -0.4 is 5.32 Å². The monoisotopic (exact) mass is 347 g/mol. The first-order valence-electron chi connectivity index (χ1n) is 7.44. The molecular formula is C18H19BrFN. The molecule has 0 amide bonds. The summed E-state index contributed by atoms with van der Waals surface area (Å²) in [6, 6.07) is 16.6. The smallest absolute Gasteiger partial charge is 0.137 e. The van der Waals surface area contributed by atoms with Crippen molar-refractivity contribution >= 4 is 15.9 Å². The van der Waals surface area contributed by atoms with E-state index < -0.39 is 0 Å². The van der Waals surface area contributed by atoms with E-state index in [2.05, 4.69) is 45.5 Å². The Bertz CT molecular complexity index is 595. The lowest BCUT2D eigenvalue weighted by Crippen LogP contribution is -2.24. The van der Waals surface area contributed by atoms with E-state index in [9.17, 15) is 4.39 Å². The van der Waals surface area contributed by atoms with Crippen LogP contribution in [0.3, 0.4) is 0 Å². The molecule has 1 N–H and O–H groups in total. The molecule has 0 aromatic heterocycles. The van der Waals surface area contributed by atoms with Gasteiger partial charge >= 0.3 is 0 Å². The van der Waals surface area contributed by atoms with Crippen LogP contribution in [-0.2, 0) is 6.42 Å². The molecule has 0 heterocycles. The van der Waals surface area contributed by atoms with Crippen LogP contribution in [-0.4, -0.2) is 12.6 Å². The zero-order chi connectivity index (χ0) is 14.7. The third kappa shape index (κ3) is 4.14. The Morgan fingerprint density at radius 2 is 1.90 bits per heavy atom. The number of hydrogen-bond acceptors (Lipinski definition) is 1. The van der Waals surface area contributed by atoms with Gasteiger partial charge in [-0.3, -0.25) is 0 Å². The van der Waals surface area contributed by atoms with Crippen molar-refractivity contribution in [1.29, 1.82) is 0 Å². The van der Waals surface area contributed by atoms with Gasteiger partial charge in [0.25, 0.3) is 0 Å². The Hall–Kier alpha value is -1.19. The van der Waals surface area contributed by atoms with Gasteiger partial charge in [0.05, 0.1) is 4.47 Å². The van der Waals surface area contributed by atoms with Gasteiger partial charge in [-0.15, -0.1) is 0 Å². The second kappa shape index (κ2) is 6.71. The molecule has 0 saturated heterocycles. The largest absolute Gasteiger partial charge is 0.313 e. The van der Waals surface area contributed by atoms with E-state index in [0.717, 1.165) is 18.5 Å². The first kappa shape index (κ1) is 14.7. The normalized spacial score (nSPS) is 15.9. The van der Waals surface area contributed by atoms with Gasteiger partial charge in [-0.1, -0.05) is 36.4 Å². The van der Waals surface area contributed by atoms with Crippen LogP contribution >= 0.6 is 15.9 Å². The van der Waals surface area contributed by atoms with Crippen LogP contribution in [0.1, 0.15) is 29.9 Å². The zero-order valence-electron chi connectivity index (χ0n) is 11.9. The predicted octanol–water partition coefficient (Wildman–Crippen LogP) is 4.67. The van der Waals surface area contributed by atoms with Crippen LogP contribution in [0.25, 0.3) is 0 Å². The summed E-state index contributed by atoms with van der Waals surface area (Å²) >= 11 is 3.27. The minimum Gasteiger partial charge on any atom is -0.313 e. The van der Waals surface area contributed by atoms with Gasteiger partial charge in [-0.05, 0) is 58.5 Å². The number of hydrogen-bond donors (Lipinski definition) is 1. The highest BCUT2D eigenvalue weighted by Crippen LogP contribution is 2.25. The lowest BCUT2D eigenvalue weighted by molar-refractivity contribution is 0.575. The minimum absolute atomic E-state index is 0.203. The summed E-state index contributed by atoms with van der Waals surface area (Å²) in [5, 5.41) is 3.62. The van der Waals surface area contributed by atoms with Gasteiger partial charge in [-0.2, -0.15) is 0 Å². The molecule has 1 unspecified atom stereocenters. The van der Waals surface area contributed by atoms with Crippen LogP contribution in [0.4, 0.5) is 4.39 Å². The van der Waals surface area contributed by atoms with E-state index in [4.69, 9.17) is 0 Å². The van der Waals surface area contributed by atoms with Crippen molar-refractivity contribution in [3.05, 3.63) is 69.9 Å². The van der Waals surface area contributed by atoms with Crippen molar-refractivity contribution in [1.82, 2.24) is 5.32 Å². The Morgan fingerprint density at radius 1 is 1.14 bits per heavy atom. The number of benzene rings is 2. The van der Waals surface area contributed by atoms with Crippen LogP contribution in [0.2, 0.25) is 0 Å². The maximum Gasteiger partial charge on any atom is 0.137 e. The molecule has 0 radical (unpaired) electrons. The second-order valence-corrected chi connectivity index (χ2v) is 6.60. The summed E-state index contributed by atoms with van der Waals surface area (Å²) in [6.45, 7) is 0.976. The molecule has 21 heavy (non-hydrogen) atoms. The van der Waals surface area contributed by atoms with Gasteiger partial charge in [0.1, 0.15) is 5.82 Å². The predicted molar refractivity (Wildman–Crippen MR) is 88.0 cm³/mol. The fraction of sp³-hybridized carbons (Fsp3) is 0.333. The van der Waals surface area contributed by atoms with Crippen molar-refractivity contribution in [3.8, 4) is 0 Å². The van der Waals surface area contributed by atoms with Crippen molar-refractivity contribution in [2.24, 2.45) is 0 Å². The highest BCUT2D eigenvalue weighted by molar-refractivity contribution is 9.10. The fourth-order valence-electron chi connectivity index (χ4n) is 2.58. The Balaban J connectivity index is 1.75. The minimum atomic E-state index is -0.203. The topological polar surface area (TPSA) is 12.0 Å². The van der Waals surface area contributed by atoms with Gasteiger partial charge in [0.15, 0.2) is 0 Å². The average molecular weight is 348 g/mol. The molecule has 3 heteroatoms. The Labute approximate surface area is 133 Å². The lowest BCUT2D eigenvalue weighted by Gasteiger charge is -2.18. The SMILES string of the molecule is Fc1ccc(CC(CNC2CC2)c2ccccc2)cc1Br. The third-order valence-corrected chi connectivity index (χ3v) is 4.58. The van der Waals surface area contributed by atoms with E-state index in [-0.39, 0.29) is 5.82 Å². The van der Waals surface area contributed by atoms with Gasteiger partial charge in [0, 0.05) is 18.5 Å². The van der Waals surface area contributed by atoms with Gasteiger partial charge in [-0.25, -0.2) is 4.39 Å². The standard InChI is InChI=1S/C18H19BrFN/c19-17-11-13(6-9-18(17)20)10-15(12-21-16-7-8-16)14-4-2-1-3-5-14/h1-6,9,11,15-16,21H,7-8,10,12H2. The average Bonchev–Trinajstić information content (AvgIpc) is 3.32. The quantitative estimate of drug-likeness (QED) is 0.800. The van der Waals surface area contributed by atoms with Gasteiger partial charge < -0.3 is 5.32 Å². The first-order valence-corrected chi connectivity index (χ1v) is 8.24. The molecule has 110 valence electrons.